The number of methoxy groups -OCH3 is 1. The van der Waals surface area contributed by atoms with E-state index in [4.69, 9.17) is 14.2 Å². The minimum atomic E-state index is -0.389. The molecule has 0 saturated carbocycles. The zero-order valence-electron chi connectivity index (χ0n) is 11.4. The summed E-state index contributed by atoms with van der Waals surface area (Å²) in [4.78, 5) is 22.1. The second-order valence-electron chi connectivity index (χ2n) is 4.73. The highest BCUT2D eigenvalue weighted by Gasteiger charge is 2.30. The number of esters is 1. The number of aldehydes is 1. The van der Waals surface area contributed by atoms with Gasteiger partial charge in [0.2, 0.25) is 0 Å². The number of ether oxygens (including phenoxy) is 3. The molecule has 0 amide bonds. The Morgan fingerprint density at radius 2 is 2.15 bits per heavy atom. The lowest BCUT2D eigenvalue weighted by Gasteiger charge is -2.16. The topological polar surface area (TPSA) is 61.8 Å². The number of rotatable bonds is 7. The van der Waals surface area contributed by atoms with E-state index in [1.807, 2.05) is 24.3 Å². The van der Waals surface area contributed by atoms with Gasteiger partial charge in [0.05, 0.1) is 26.2 Å². The fourth-order valence-corrected chi connectivity index (χ4v) is 2.12. The molecule has 0 radical (unpaired) electrons. The Kier molecular flexibility index (Phi) is 5.12. The summed E-state index contributed by atoms with van der Waals surface area (Å²) >= 11 is 0. The first-order valence-corrected chi connectivity index (χ1v) is 6.58. The molecule has 0 aliphatic carbocycles. The van der Waals surface area contributed by atoms with Crippen LogP contribution in [0, 0.1) is 5.92 Å². The summed E-state index contributed by atoms with van der Waals surface area (Å²) in [6.07, 6.45) is 1.44. The van der Waals surface area contributed by atoms with Gasteiger partial charge < -0.3 is 19.0 Å². The number of carbonyl (C=O) groups excluding carboxylic acids is 2. The van der Waals surface area contributed by atoms with Crippen molar-refractivity contribution in [1.82, 2.24) is 0 Å². The van der Waals surface area contributed by atoms with Gasteiger partial charge in [-0.1, -0.05) is 12.1 Å². The van der Waals surface area contributed by atoms with Gasteiger partial charge in [0, 0.05) is 6.42 Å². The van der Waals surface area contributed by atoms with E-state index < -0.39 is 0 Å². The van der Waals surface area contributed by atoms with Gasteiger partial charge in [0.1, 0.15) is 18.1 Å². The van der Waals surface area contributed by atoms with Gasteiger partial charge in [0.15, 0.2) is 0 Å². The predicted octanol–water partition coefficient (Wildman–Crippen LogP) is 1.73. The first-order valence-electron chi connectivity index (χ1n) is 6.58. The minimum absolute atomic E-state index is 0.239. The fourth-order valence-electron chi connectivity index (χ4n) is 2.12. The Morgan fingerprint density at radius 3 is 2.70 bits per heavy atom. The second-order valence-corrected chi connectivity index (χ2v) is 4.73. The summed E-state index contributed by atoms with van der Waals surface area (Å²) in [5.41, 5.74) is 0.999. The quantitative estimate of drug-likeness (QED) is 0.561. The number of cyclic esters (lactones) is 1. The van der Waals surface area contributed by atoms with Crippen LogP contribution in [0.4, 0.5) is 0 Å². The number of benzene rings is 1. The van der Waals surface area contributed by atoms with Crippen LogP contribution in [0.3, 0.4) is 0 Å². The maximum atomic E-state index is 11.0. The summed E-state index contributed by atoms with van der Waals surface area (Å²) in [5.74, 6) is 0.161. The highest BCUT2D eigenvalue weighted by Crippen LogP contribution is 2.21. The van der Waals surface area contributed by atoms with Crippen molar-refractivity contribution in [3.8, 4) is 5.75 Å². The zero-order valence-corrected chi connectivity index (χ0v) is 11.4. The molecule has 2 rings (SSSR count). The summed E-state index contributed by atoms with van der Waals surface area (Å²) < 4.78 is 15.7. The van der Waals surface area contributed by atoms with Crippen LogP contribution in [0.15, 0.2) is 24.3 Å². The van der Waals surface area contributed by atoms with Crippen molar-refractivity contribution in [1.29, 1.82) is 0 Å². The highest BCUT2D eigenvalue weighted by molar-refractivity contribution is 5.72. The molecule has 20 heavy (non-hydrogen) atoms. The van der Waals surface area contributed by atoms with Gasteiger partial charge in [-0.25, -0.2) is 0 Å². The number of hydrogen-bond donors (Lipinski definition) is 0. The van der Waals surface area contributed by atoms with Gasteiger partial charge >= 0.3 is 5.97 Å². The molecule has 0 bridgehead atoms. The molecule has 1 saturated heterocycles. The van der Waals surface area contributed by atoms with E-state index in [9.17, 15) is 9.59 Å². The molecular weight excluding hydrogens is 260 g/mol. The average molecular weight is 278 g/mol. The van der Waals surface area contributed by atoms with Crippen molar-refractivity contribution in [2.45, 2.75) is 25.6 Å². The SMILES string of the molecule is COc1ccc(COC[C@@H](C=O)[C@H]2CCC(=O)O2)cc1. The van der Waals surface area contributed by atoms with Crippen molar-refractivity contribution < 1.29 is 23.8 Å². The summed E-state index contributed by atoms with van der Waals surface area (Å²) in [7, 11) is 1.61. The van der Waals surface area contributed by atoms with Gasteiger partial charge in [-0.15, -0.1) is 0 Å². The molecule has 1 heterocycles. The van der Waals surface area contributed by atoms with Crippen molar-refractivity contribution in [2.24, 2.45) is 5.92 Å². The third-order valence-corrected chi connectivity index (χ3v) is 3.31. The molecule has 1 aliphatic rings. The molecule has 108 valence electrons. The largest absolute Gasteiger partial charge is 0.497 e. The summed E-state index contributed by atoms with van der Waals surface area (Å²) in [6, 6.07) is 7.53. The molecule has 1 aromatic rings. The first kappa shape index (κ1) is 14.5. The summed E-state index contributed by atoms with van der Waals surface area (Å²) in [5, 5.41) is 0. The van der Waals surface area contributed by atoms with Crippen LogP contribution >= 0.6 is 0 Å². The predicted molar refractivity (Wildman–Crippen MR) is 71.3 cm³/mol. The van der Waals surface area contributed by atoms with Crippen LogP contribution in [-0.2, 0) is 25.7 Å². The van der Waals surface area contributed by atoms with Crippen LogP contribution in [0.5, 0.6) is 5.75 Å². The lowest BCUT2D eigenvalue weighted by atomic mass is 10.0. The van der Waals surface area contributed by atoms with Crippen LogP contribution in [0.2, 0.25) is 0 Å². The molecule has 0 N–H and O–H groups in total. The Morgan fingerprint density at radius 1 is 1.40 bits per heavy atom. The molecule has 5 heteroatoms. The van der Waals surface area contributed by atoms with Gasteiger partial charge in [-0.2, -0.15) is 0 Å². The Bertz CT molecular complexity index is 454. The van der Waals surface area contributed by atoms with E-state index in [0.29, 0.717) is 19.4 Å². The smallest absolute Gasteiger partial charge is 0.306 e. The molecule has 0 aromatic heterocycles. The molecule has 1 aromatic carbocycles. The third-order valence-electron chi connectivity index (χ3n) is 3.31. The number of hydrogen-bond acceptors (Lipinski definition) is 5. The van der Waals surface area contributed by atoms with Crippen molar-refractivity contribution in [2.75, 3.05) is 13.7 Å². The maximum absolute atomic E-state index is 11.0. The average Bonchev–Trinajstić information content (AvgIpc) is 2.90. The van der Waals surface area contributed by atoms with Crippen LogP contribution in [-0.4, -0.2) is 32.1 Å². The fraction of sp³-hybridized carbons (Fsp3) is 0.467. The van der Waals surface area contributed by atoms with Crippen LogP contribution < -0.4 is 4.74 Å². The summed E-state index contributed by atoms with van der Waals surface area (Å²) in [6.45, 7) is 0.669. The van der Waals surface area contributed by atoms with E-state index in [1.165, 1.54) is 0 Å². The normalized spacial score (nSPS) is 19.4. The number of carbonyl (C=O) groups is 2. The standard InChI is InChI=1S/C15H18O5/c1-18-13-4-2-11(3-5-13)9-19-10-12(8-16)14-6-7-15(17)20-14/h2-5,8,12,14H,6-7,9-10H2,1H3/t12-,14-/m1/s1. The second kappa shape index (κ2) is 7.05. The van der Waals surface area contributed by atoms with Gasteiger partial charge in [-0.3, -0.25) is 4.79 Å². The van der Waals surface area contributed by atoms with E-state index in [1.54, 1.807) is 7.11 Å². The van der Waals surface area contributed by atoms with E-state index >= 15 is 0 Å². The maximum Gasteiger partial charge on any atom is 0.306 e. The van der Waals surface area contributed by atoms with Gasteiger partial charge in [-0.05, 0) is 24.1 Å². The third kappa shape index (κ3) is 3.81. The monoisotopic (exact) mass is 278 g/mol. The molecule has 1 aliphatic heterocycles. The first-order chi connectivity index (χ1) is 9.72. The Hall–Kier alpha value is -1.88. The molecule has 5 nitrogen and oxygen atoms in total. The van der Waals surface area contributed by atoms with E-state index in [2.05, 4.69) is 0 Å². The van der Waals surface area contributed by atoms with E-state index in [0.717, 1.165) is 17.6 Å². The highest BCUT2D eigenvalue weighted by atomic mass is 16.6. The van der Waals surface area contributed by atoms with Gasteiger partial charge in [0.25, 0.3) is 0 Å². The molecular formula is C15H18O5. The van der Waals surface area contributed by atoms with Crippen molar-refractivity contribution >= 4 is 12.3 Å². The van der Waals surface area contributed by atoms with Crippen LogP contribution in [0.1, 0.15) is 18.4 Å². The van der Waals surface area contributed by atoms with Crippen LogP contribution in [0.25, 0.3) is 0 Å². The van der Waals surface area contributed by atoms with E-state index in [-0.39, 0.29) is 24.6 Å². The van der Waals surface area contributed by atoms with Crippen molar-refractivity contribution in [3.63, 3.8) is 0 Å². The zero-order chi connectivity index (χ0) is 14.4. The molecule has 0 spiro atoms. The minimum Gasteiger partial charge on any atom is -0.497 e. The lowest BCUT2D eigenvalue weighted by Crippen LogP contribution is -2.26. The lowest BCUT2D eigenvalue weighted by molar-refractivity contribution is -0.144. The molecule has 1 fully saturated rings. The van der Waals surface area contributed by atoms with Crippen molar-refractivity contribution in [3.05, 3.63) is 29.8 Å². The Balaban J connectivity index is 1.78. The molecule has 0 unspecified atom stereocenters. The Labute approximate surface area is 117 Å². The molecule has 2 atom stereocenters.